The lowest BCUT2D eigenvalue weighted by Crippen LogP contribution is -2.48. The van der Waals surface area contributed by atoms with Crippen molar-refractivity contribution >= 4 is 11.4 Å². The van der Waals surface area contributed by atoms with Gasteiger partial charge in [-0.3, -0.25) is 15.0 Å². The maximum atomic E-state index is 13.4. The van der Waals surface area contributed by atoms with E-state index in [1.165, 1.54) is 6.07 Å². The molecule has 1 aromatic carbocycles. The second kappa shape index (κ2) is 8.24. The second-order valence-corrected chi connectivity index (χ2v) is 7.86. The van der Waals surface area contributed by atoms with Crippen LogP contribution in [0.4, 0.5) is 24.5 Å². The summed E-state index contributed by atoms with van der Waals surface area (Å²) in [6, 6.07) is 3.01. The number of rotatable bonds is 4. The number of morpholine rings is 1. The van der Waals surface area contributed by atoms with Crippen molar-refractivity contribution in [3.05, 3.63) is 33.9 Å². The Balaban J connectivity index is 1.65. The molecule has 28 heavy (non-hydrogen) atoms. The highest BCUT2D eigenvalue weighted by Gasteiger charge is 2.37. The van der Waals surface area contributed by atoms with E-state index >= 15 is 0 Å². The van der Waals surface area contributed by atoms with Crippen LogP contribution in [0.2, 0.25) is 0 Å². The normalized spacial score (nSPS) is 25.1. The molecule has 0 amide bonds. The molecule has 2 aliphatic rings. The minimum Gasteiger partial charge on any atom is -0.373 e. The van der Waals surface area contributed by atoms with E-state index in [-0.39, 0.29) is 17.9 Å². The molecule has 3 rings (SSSR count). The Hall–Kier alpha value is -1.87. The third-order valence-corrected chi connectivity index (χ3v) is 5.46. The fraction of sp³-hybridized carbons (Fsp3) is 0.684. The van der Waals surface area contributed by atoms with Crippen LogP contribution in [0.1, 0.15) is 32.3 Å². The molecule has 0 bridgehead atoms. The highest BCUT2D eigenvalue weighted by molar-refractivity contribution is 5.59. The van der Waals surface area contributed by atoms with Crippen LogP contribution in [-0.2, 0) is 10.9 Å². The summed E-state index contributed by atoms with van der Waals surface area (Å²) < 4.78 is 46.1. The number of nitro groups is 1. The van der Waals surface area contributed by atoms with Crippen LogP contribution < -0.4 is 4.90 Å². The Bertz CT molecular complexity index is 695. The van der Waals surface area contributed by atoms with Gasteiger partial charge in [-0.25, -0.2) is 0 Å². The molecule has 0 spiro atoms. The third kappa shape index (κ3) is 4.94. The summed E-state index contributed by atoms with van der Waals surface area (Å²) in [5.41, 5.74) is -1.44. The first-order valence-corrected chi connectivity index (χ1v) is 9.62. The number of alkyl halides is 3. The van der Waals surface area contributed by atoms with Crippen molar-refractivity contribution in [1.29, 1.82) is 0 Å². The standard InChI is InChI=1S/C19H26F3N3O3/c1-13-10-23(11-14(2)28-13)12-15-5-7-24(8-6-15)18-4-3-16(25(26)27)9-17(18)19(20,21)22/h3-4,9,13-15H,5-8,10-12H2,1-2H3. The molecule has 2 saturated heterocycles. The van der Waals surface area contributed by atoms with Crippen molar-refractivity contribution in [1.82, 2.24) is 4.90 Å². The number of ether oxygens (including phenoxy) is 1. The Morgan fingerprint density at radius 3 is 2.32 bits per heavy atom. The van der Waals surface area contributed by atoms with Gasteiger partial charge in [-0.1, -0.05) is 0 Å². The quantitative estimate of drug-likeness (QED) is 0.565. The van der Waals surface area contributed by atoms with Gasteiger partial charge in [0.1, 0.15) is 0 Å². The highest BCUT2D eigenvalue weighted by Crippen LogP contribution is 2.40. The number of piperidine rings is 1. The molecule has 6 nitrogen and oxygen atoms in total. The van der Waals surface area contributed by atoms with Crippen molar-refractivity contribution in [3.8, 4) is 0 Å². The van der Waals surface area contributed by atoms with Crippen LogP contribution in [0.3, 0.4) is 0 Å². The summed E-state index contributed by atoms with van der Waals surface area (Å²) in [6.45, 7) is 7.83. The molecule has 2 fully saturated rings. The Morgan fingerprint density at radius 2 is 1.79 bits per heavy atom. The monoisotopic (exact) mass is 401 g/mol. The summed E-state index contributed by atoms with van der Waals surface area (Å²) in [5.74, 6) is 0.432. The summed E-state index contributed by atoms with van der Waals surface area (Å²) >= 11 is 0. The van der Waals surface area contributed by atoms with Crippen LogP contribution in [0.25, 0.3) is 0 Å². The Morgan fingerprint density at radius 1 is 1.18 bits per heavy atom. The number of halogens is 3. The second-order valence-electron chi connectivity index (χ2n) is 7.86. The van der Waals surface area contributed by atoms with Crippen molar-refractivity contribution in [2.45, 2.75) is 45.1 Å². The van der Waals surface area contributed by atoms with E-state index in [9.17, 15) is 23.3 Å². The maximum Gasteiger partial charge on any atom is 0.418 e. The van der Waals surface area contributed by atoms with Gasteiger partial charge < -0.3 is 9.64 Å². The Labute approximate surface area is 162 Å². The molecule has 0 aliphatic carbocycles. The molecule has 0 radical (unpaired) electrons. The van der Waals surface area contributed by atoms with Crippen LogP contribution >= 0.6 is 0 Å². The van der Waals surface area contributed by atoms with E-state index in [4.69, 9.17) is 4.74 Å². The van der Waals surface area contributed by atoms with Gasteiger partial charge in [0.05, 0.1) is 22.7 Å². The molecule has 0 saturated carbocycles. The largest absolute Gasteiger partial charge is 0.418 e. The van der Waals surface area contributed by atoms with E-state index in [0.29, 0.717) is 25.1 Å². The zero-order valence-corrected chi connectivity index (χ0v) is 16.1. The summed E-state index contributed by atoms with van der Waals surface area (Å²) in [5, 5.41) is 10.9. The van der Waals surface area contributed by atoms with Gasteiger partial charge in [0, 0.05) is 50.5 Å². The predicted octanol–water partition coefficient (Wildman–Crippen LogP) is 3.94. The predicted molar refractivity (Wildman–Crippen MR) is 99.5 cm³/mol. The van der Waals surface area contributed by atoms with Gasteiger partial charge in [0.2, 0.25) is 0 Å². The lowest BCUT2D eigenvalue weighted by molar-refractivity contribution is -0.385. The molecule has 9 heteroatoms. The van der Waals surface area contributed by atoms with Crippen molar-refractivity contribution < 1.29 is 22.8 Å². The van der Waals surface area contributed by atoms with Gasteiger partial charge in [-0.15, -0.1) is 0 Å². The molecule has 2 atom stereocenters. The molecule has 0 aromatic heterocycles. The summed E-state index contributed by atoms with van der Waals surface area (Å²) in [6.07, 6.45) is -2.64. The molecule has 1 aromatic rings. The smallest absolute Gasteiger partial charge is 0.373 e. The fourth-order valence-electron chi connectivity index (χ4n) is 4.30. The van der Waals surface area contributed by atoms with Crippen LogP contribution in [-0.4, -0.2) is 54.8 Å². The van der Waals surface area contributed by atoms with Gasteiger partial charge in [-0.2, -0.15) is 13.2 Å². The lowest BCUT2D eigenvalue weighted by Gasteiger charge is -2.40. The highest BCUT2D eigenvalue weighted by atomic mass is 19.4. The van der Waals surface area contributed by atoms with Crippen LogP contribution in [0, 0.1) is 16.0 Å². The Kier molecular flexibility index (Phi) is 6.14. The first-order valence-electron chi connectivity index (χ1n) is 9.62. The topological polar surface area (TPSA) is 58.9 Å². The van der Waals surface area contributed by atoms with Crippen molar-refractivity contribution in [2.24, 2.45) is 5.92 Å². The van der Waals surface area contributed by atoms with Gasteiger partial charge in [-0.05, 0) is 38.7 Å². The lowest BCUT2D eigenvalue weighted by atomic mass is 9.94. The molecule has 156 valence electrons. The minimum atomic E-state index is -4.63. The number of anilines is 1. The van der Waals surface area contributed by atoms with Crippen molar-refractivity contribution in [3.63, 3.8) is 0 Å². The molecule has 0 N–H and O–H groups in total. The van der Waals surface area contributed by atoms with E-state index in [1.807, 2.05) is 0 Å². The molecular formula is C19H26F3N3O3. The maximum absolute atomic E-state index is 13.4. The SMILES string of the molecule is CC1CN(CC2CCN(c3ccc([N+](=O)[O-])cc3C(F)(F)F)CC2)CC(C)O1. The number of non-ortho nitro benzene ring substituents is 1. The molecule has 2 unspecified atom stereocenters. The number of hydrogen-bond donors (Lipinski definition) is 0. The third-order valence-electron chi connectivity index (χ3n) is 5.46. The zero-order valence-electron chi connectivity index (χ0n) is 16.1. The number of nitrogens with zero attached hydrogens (tertiary/aromatic N) is 3. The number of nitro benzene ring substituents is 1. The van der Waals surface area contributed by atoms with Crippen LogP contribution in [0.15, 0.2) is 18.2 Å². The molecular weight excluding hydrogens is 375 g/mol. The van der Waals surface area contributed by atoms with Gasteiger partial charge in [0.25, 0.3) is 5.69 Å². The minimum absolute atomic E-state index is 0.0326. The van der Waals surface area contributed by atoms with Crippen molar-refractivity contribution in [2.75, 3.05) is 37.6 Å². The van der Waals surface area contributed by atoms with Gasteiger partial charge in [0.15, 0.2) is 0 Å². The first kappa shape index (κ1) is 20.9. The van der Waals surface area contributed by atoms with E-state index in [1.54, 1.807) is 4.90 Å². The van der Waals surface area contributed by atoms with E-state index in [2.05, 4.69) is 18.7 Å². The molecule has 2 aliphatic heterocycles. The number of hydrogen-bond acceptors (Lipinski definition) is 5. The summed E-state index contributed by atoms with van der Waals surface area (Å²) in [7, 11) is 0. The number of benzene rings is 1. The van der Waals surface area contributed by atoms with E-state index in [0.717, 1.165) is 38.5 Å². The average molecular weight is 401 g/mol. The molecule has 2 heterocycles. The van der Waals surface area contributed by atoms with E-state index < -0.39 is 22.4 Å². The first-order chi connectivity index (χ1) is 13.1. The average Bonchev–Trinajstić information content (AvgIpc) is 2.60. The van der Waals surface area contributed by atoms with Crippen LogP contribution in [0.5, 0.6) is 0 Å². The fourth-order valence-corrected chi connectivity index (χ4v) is 4.30. The summed E-state index contributed by atoms with van der Waals surface area (Å²) in [4.78, 5) is 14.1. The van der Waals surface area contributed by atoms with Gasteiger partial charge >= 0.3 is 6.18 Å². The zero-order chi connectivity index (χ0) is 20.5.